The van der Waals surface area contributed by atoms with E-state index in [4.69, 9.17) is 9.47 Å². The molecule has 164 valence electrons. The number of rotatable bonds is 5. The first-order valence-electron chi connectivity index (χ1n) is 9.36. The second-order valence-electron chi connectivity index (χ2n) is 6.76. The van der Waals surface area contributed by atoms with Crippen LogP contribution in [0.1, 0.15) is 15.9 Å². The molecule has 10 heteroatoms. The number of alkyl halides is 3. The van der Waals surface area contributed by atoms with E-state index in [0.29, 0.717) is 33.8 Å². The number of hydrogen-bond donors (Lipinski definition) is 1. The number of ether oxygens (including phenoxy) is 2. The molecule has 1 N–H and O–H groups in total. The Bertz CT molecular complexity index is 1300. The van der Waals surface area contributed by atoms with Gasteiger partial charge in [0.1, 0.15) is 11.0 Å². The summed E-state index contributed by atoms with van der Waals surface area (Å²) in [5.74, 6) is 0.534. The number of nitrogens with zero attached hydrogens (tertiary/aromatic N) is 3. The van der Waals surface area contributed by atoms with Crippen molar-refractivity contribution in [2.75, 3.05) is 19.5 Å². The van der Waals surface area contributed by atoms with Gasteiger partial charge in [-0.05, 0) is 54.6 Å². The number of hydrogen-bond acceptors (Lipinski definition) is 5. The van der Waals surface area contributed by atoms with Gasteiger partial charge in [0, 0.05) is 11.3 Å². The van der Waals surface area contributed by atoms with E-state index >= 15 is 0 Å². The predicted octanol–water partition coefficient (Wildman–Crippen LogP) is 4.71. The van der Waals surface area contributed by atoms with E-state index < -0.39 is 11.7 Å². The zero-order valence-electron chi connectivity index (χ0n) is 17.0. The first-order chi connectivity index (χ1) is 15.3. The van der Waals surface area contributed by atoms with Gasteiger partial charge in [-0.3, -0.25) is 4.79 Å². The van der Waals surface area contributed by atoms with Gasteiger partial charge < -0.3 is 14.8 Å². The van der Waals surface area contributed by atoms with Gasteiger partial charge in [-0.2, -0.15) is 18.0 Å². The van der Waals surface area contributed by atoms with Crippen LogP contribution < -0.4 is 14.8 Å². The van der Waals surface area contributed by atoms with E-state index in [1.54, 1.807) is 36.4 Å². The van der Waals surface area contributed by atoms with Crippen LogP contribution in [0.2, 0.25) is 0 Å². The summed E-state index contributed by atoms with van der Waals surface area (Å²) in [5.41, 5.74) is 1.06. The van der Waals surface area contributed by atoms with E-state index in [1.807, 2.05) is 0 Å². The molecule has 4 aromatic rings. The highest BCUT2D eigenvalue weighted by Crippen LogP contribution is 2.31. The molecule has 0 saturated heterocycles. The Morgan fingerprint density at radius 2 is 1.66 bits per heavy atom. The topological polar surface area (TPSA) is 78.3 Å². The maximum Gasteiger partial charge on any atom is 0.416 e. The summed E-state index contributed by atoms with van der Waals surface area (Å²) in [4.78, 5) is 13.7. The fourth-order valence-corrected chi connectivity index (χ4v) is 3.10. The van der Waals surface area contributed by atoms with Crippen LogP contribution in [0.15, 0.2) is 60.7 Å². The summed E-state index contributed by atoms with van der Waals surface area (Å²) in [6, 6.07) is 14.3. The van der Waals surface area contributed by atoms with Crippen molar-refractivity contribution in [3.05, 3.63) is 71.8 Å². The molecule has 0 aliphatic rings. The molecule has 7 nitrogen and oxygen atoms in total. The number of carbonyl (C=O) groups excluding carboxylic acids is 1. The van der Waals surface area contributed by atoms with Crippen molar-refractivity contribution >= 4 is 22.6 Å². The van der Waals surface area contributed by atoms with Crippen LogP contribution in [-0.4, -0.2) is 35.1 Å². The zero-order valence-corrected chi connectivity index (χ0v) is 17.0. The molecule has 1 amide bonds. The number of carbonyl (C=O) groups is 1. The normalized spacial score (nSPS) is 11.4. The molecule has 4 rings (SSSR count). The van der Waals surface area contributed by atoms with Crippen LogP contribution in [0.25, 0.3) is 16.7 Å². The second-order valence-corrected chi connectivity index (χ2v) is 6.76. The SMILES string of the molecule is COc1ccc(C(=O)Nc2ccc3nn(-c4cccc(C(F)(F)F)c4)nc3c2)cc1OC. The Labute approximate surface area is 180 Å². The molecule has 0 spiro atoms. The van der Waals surface area contributed by atoms with Crippen LogP contribution >= 0.6 is 0 Å². The molecule has 0 atom stereocenters. The minimum atomic E-state index is -4.47. The van der Waals surface area contributed by atoms with E-state index in [9.17, 15) is 18.0 Å². The fourth-order valence-electron chi connectivity index (χ4n) is 3.10. The van der Waals surface area contributed by atoms with Crippen LogP contribution in [0.3, 0.4) is 0 Å². The van der Waals surface area contributed by atoms with Gasteiger partial charge >= 0.3 is 6.18 Å². The van der Waals surface area contributed by atoms with Crippen molar-refractivity contribution in [1.29, 1.82) is 0 Å². The number of benzene rings is 3. The third kappa shape index (κ3) is 4.20. The molecule has 0 radical (unpaired) electrons. The zero-order chi connectivity index (χ0) is 22.9. The highest BCUT2D eigenvalue weighted by atomic mass is 19.4. The number of methoxy groups -OCH3 is 2. The molecule has 1 heterocycles. The average molecular weight is 442 g/mol. The number of amides is 1. The van der Waals surface area contributed by atoms with Gasteiger partial charge in [-0.1, -0.05) is 6.07 Å². The molecular weight excluding hydrogens is 425 g/mol. The average Bonchev–Trinajstić information content (AvgIpc) is 3.21. The lowest BCUT2D eigenvalue weighted by Gasteiger charge is -2.10. The molecule has 0 aliphatic heterocycles. The first kappa shape index (κ1) is 21.2. The quantitative estimate of drug-likeness (QED) is 0.484. The number of aromatic nitrogens is 3. The largest absolute Gasteiger partial charge is 0.493 e. The molecule has 0 bridgehead atoms. The van der Waals surface area contributed by atoms with Gasteiger partial charge in [0.25, 0.3) is 5.91 Å². The Morgan fingerprint density at radius 3 is 2.38 bits per heavy atom. The van der Waals surface area contributed by atoms with E-state index in [1.165, 1.54) is 26.4 Å². The van der Waals surface area contributed by atoms with Crippen molar-refractivity contribution < 1.29 is 27.4 Å². The molecule has 0 aliphatic carbocycles. The highest BCUT2D eigenvalue weighted by molar-refractivity contribution is 6.05. The number of halogens is 3. The molecule has 0 unspecified atom stereocenters. The lowest BCUT2D eigenvalue weighted by molar-refractivity contribution is -0.137. The third-order valence-electron chi connectivity index (χ3n) is 4.69. The maximum absolute atomic E-state index is 13.0. The smallest absolute Gasteiger partial charge is 0.416 e. The highest BCUT2D eigenvalue weighted by Gasteiger charge is 2.30. The minimum absolute atomic E-state index is 0.173. The second kappa shape index (κ2) is 8.22. The Balaban J connectivity index is 1.59. The fraction of sp³-hybridized carbons (Fsp3) is 0.136. The van der Waals surface area contributed by atoms with Gasteiger partial charge in [0.05, 0.1) is 25.5 Å². The summed E-state index contributed by atoms with van der Waals surface area (Å²) in [6.45, 7) is 0. The van der Waals surface area contributed by atoms with Crippen molar-refractivity contribution in [3.8, 4) is 17.2 Å². The van der Waals surface area contributed by atoms with Crippen molar-refractivity contribution in [1.82, 2.24) is 15.0 Å². The van der Waals surface area contributed by atoms with Crippen LogP contribution in [0, 0.1) is 0 Å². The van der Waals surface area contributed by atoms with Gasteiger partial charge in [0.2, 0.25) is 0 Å². The van der Waals surface area contributed by atoms with Gasteiger partial charge in [-0.15, -0.1) is 10.2 Å². The first-order valence-corrected chi connectivity index (χ1v) is 9.36. The predicted molar refractivity (Wildman–Crippen MR) is 111 cm³/mol. The molecule has 0 saturated carbocycles. The summed E-state index contributed by atoms with van der Waals surface area (Å²) in [7, 11) is 2.97. The Hall–Kier alpha value is -4.08. The van der Waals surface area contributed by atoms with Gasteiger partial charge in [-0.25, -0.2) is 0 Å². The number of anilines is 1. The number of nitrogens with one attached hydrogen (secondary N) is 1. The summed E-state index contributed by atoms with van der Waals surface area (Å²) >= 11 is 0. The van der Waals surface area contributed by atoms with Crippen LogP contribution in [-0.2, 0) is 6.18 Å². The molecular formula is C22H17F3N4O3. The lowest BCUT2D eigenvalue weighted by atomic mass is 10.1. The van der Waals surface area contributed by atoms with Crippen molar-refractivity contribution in [2.45, 2.75) is 6.18 Å². The summed E-state index contributed by atoms with van der Waals surface area (Å²) in [5, 5.41) is 11.2. The van der Waals surface area contributed by atoms with E-state index in [2.05, 4.69) is 15.5 Å². The molecule has 32 heavy (non-hydrogen) atoms. The minimum Gasteiger partial charge on any atom is -0.493 e. The molecule has 0 fully saturated rings. The lowest BCUT2D eigenvalue weighted by Crippen LogP contribution is -2.12. The maximum atomic E-state index is 13.0. The van der Waals surface area contributed by atoms with Gasteiger partial charge in [0.15, 0.2) is 11.5 Å². The third-order valence-corrected chi connectivity index (χ3v) is 4.69. The Morgan fingerprint density at radius 1 is 0.906 bits per heavy atom. The Kier molecular flexibility index (Phi) is 5.43. The standard InChI is InChI=1S/C22H17F3N4O3/c1-31-19-9-6-13(10-20(19)32-2)21(30)26-15-7-8-17-18(12-15)28-29(27-17)16-5-3-4-14(11-16)22(23,24)25/h3-12H,1-2H3,(H,26,30). The van der Waals surface area contributed by atoms with Crippen LogP contribution in [0.5, 0.6) is 11.5 Å². The summed E-state index contributed by atoms with van der Waals surface area (Å²) < 4.78 is 49.3. The van der Waals surface area contributed by atoms with Crippen LogP contribution in [0.4, 0.5) is 18.9 Å². The molecule has 1 aromatic heterocycles. The van der Waals surface area contributed by atoms with E-state index in [0.717, 1.165) is 16.9 Å². The summed E-state index contributed by atoms with van der Waals surface area (Å²) in [6.07, 6.45) is -4.47. The van der Waals surface area contributed by atoms with Crippen molar-refractivity contribution in [2.24, 2.45) is 0 Å². The number of fused-ring (bicyclic) bond motifs is 1. The molecule has 3 aromatic carbocycles. The monoisotopic (exact) mass is 442 g/mol. The van der Waals surface area contributed by atoms with Crippen molar-refractivity contribution in [3.63, 3.8) is 0 Å². The van der Waals surface area contributed by atoms with E-state index in [-0.39, 0.29) is 11.6 Å².